The van der Waals surface area contributed by atoms with Crippen molar-refractivity contribution in [3.8, 4) is 11.8 Å². The molecule has 3 heteroatoms. The quantitative estimate of drug-likeness (QED) is 0.559. The van der Waals surface area contributed by atoms with Gasteiger partial charge in [0.1, 0.15) is 12.4 Å². The molecule has 0 bridgehead atoms. The van der Waals surface area contributed by atoms with Gasteiger partial charge in [-0.1, -0.05) is 11.8 Å². The third kappa shape index (κ3) is 1.63. The van der Waals surface area contributed by atoms with Gasteiger partial charge in [-0.05, 0) is 18.1 Å². The highest BCUT2D eigenvalue weighted by Gasteiger charge is 2.10. The second-order valence-electron chi connectivity index (χ2n) is 2.87. The first kappa shape index (κ1) is 8.09. The van der Waals surface area contributed by atoms with Gasteiger partial charge in [-0.3, -0.25) is 0 Å². The number of pyridine rings is 1. The fourth-order valence-electron chi connectivity index (χ4n) is 1.39. The maximum absolute atomic E-state index is 8.51. The number of rotatable bonds is 0. The number of aliphatic hydroxyl groups is 1. The Morgan fingerprint density at radius 1 is 1.62 bits per heavy atom. The van der Waals surface area contributed by atoms with E-state index in [0.717, 1.165) is 24.3 Å². The van der Waals surface area contributed by atoms with Gasteiger partial charge < -0.3 is 10.4 Å². The summed E-state index contributed by atoms with van der Waals surface area (Å²) in [5.74, 6) is 6.40. The third-order valence-electron chi connectivity index (χ3n) is 1.97. The van der Waals surface area contributed by atoms with Crippen molar-refractivity contribution >= 4 is 5.82 Å². The Morgan fingerprint density at radius 3 is 3.38 bits per heavy atom. The molecular weight excluding hydrogens is 164 g/mol. The van der Waals surface area contributed by atoms with Crippen molar-refractivity contribution in [3.63, 3.8) is 0 Å². The Balaban J connectivity index is 2.31. The molecule has 3 nitrogen and oxygen atoms in total. The molecule has 1 aliphatic rings. The molecule has 0 amide bonds. The van der Waals surface area contributed by atoms with Crippen LogP contribution in [0.5, 0.6) is 0 Å². The Labute approximate surface area is 76.8 Å². The van der Waals surface area contributed by atoms with Crippen molar-refractivity contribution in [2.45, 2.75) is 6.42 Å². The zero-order chi connectivity index (χ0) is 9.10. The van der Waals surface area contributed by atoms with Crippen LogP contribution in [0.1, 0.15) is 11.1 Å². The fourth-order valence-corrected chi connectivity index (χ4v) is 1.39. The smallest absolute Gasteiger partial charge is 0.129 e. The number of aliphatic hydroxyl groups excluding tert-OH is 1. The van der Waals surface area contributed by atoms with Crippen molar-refractivity contribution < 1.29 is 5.11 Å². The van der Waals surface area contributed by atoms with Gasteiger partial charge >= 0.3 is 0 Å². The molecule has 0 spiro atoms. The van der Waals surface area contributed by atoms with Crippen LogP contribution in [0.3, 0.4) is 0 Å². The molecule has 0 aliphatic carbocycles. The minimum absolute atomic E-state index is 0.102. The topological polar surface area (TPSA) is 45.2 Å². The first-order chi connectivity index (χ1) is 6.40. The zero-order valence-electron chi connectivity index (χ0n) is 7.17. The molecule has 2 rings (SSSR count). The van der Waals surface area contributed by atoms with E-state index in [9.17, 15) is 0 Å². The third-order valence-corrected chi connectivity index (χ3v) is 1.97. The van der Waals surface area contributed by atoms with E-state index in [2.05, 4.69) is 22.1 Å². The van der Waals surface area contributed by atoms with Crippen molar-refractivity contribution in [1.29, 1.82) is 0 Å². The van der Waals surface area contributed by atoms with Gasteiger partial charge in [-0.25, -0.2) is 4.98 Å². The average molecular weight is 174 g/mol. The van der Waals surface area contributed by atoms with Crippen LogP contribution in [0.4, 0.5) is 5.82 Å². The molecule has 1 aromatic heterocycles. The Morgan fingerprint density at radius 2 is 2.54 bits per heavy atom. The molecule has 0 saturated carbocycles. The van der Waals surface area contributed by atoms with E-state index in [-0.39, 0.29) is 6.61 Å². The summed E-state index contributed by atoms with van der Waals surface area (Å²) in [5, 5.41) is 11.7. The maximum Gasteiger partial charge on any atom is 0.129 e. The summed E-state index contributed by atoms with van der Waals surface area (Å²) in [6.45, 7) is 0.856. The first-order valence-corrected chi connectivity index (χ1v) is 4.22. The summed E-state index contributed by atoms with van der Waals surface area (Å²) in [6.07, 6.45) is 2.73. The second kappa shape index (κ2) is 3.46. The molecule has 0 fully saturated rings. The molecule has 0 saturated heterocycles. The first-order valence-electron chi connectivity index (χ1n) is 4.22. The lowest BCUT2D eigenvalue weighted by atomic mass is 10.2. The average Bonchev–Trinajstić information content (AvgIpc) is 2.61. The van der Waals surface area contributed by atoms with Crippen LogP contribution >= 0.6 is 0 Å². The van der Waals surface area contributed by atoms with Gasteiger partial charge in [0.05, 0.1) is 0 Å². The van der Waals surface area contributed by atoms with E-state index in [4.69, 9.17) is 5.11 Å². The van der Waals surface area contributed by atoms with E-state index in [1.54, 1.807) is 6.20 Å². The monoisotopic (exact) mass is 174 g/mol. The van der Waals surface area contributed by atoms with Crippen LogP contribution in [0.25, 0.3) is 0 Å². The molecule has 1 aliphatic heterocycles. The largest absolute Gasteiger partial charge is 0.384 e. The lowest BCUT2D eigenvalue weighted by Gasteiger charge is -1.97. The molecule has 2 N–H and O–H groups in total. The summed E-state index contributed by atoms with van der Waals surface area (Å²) < 4.78 is 0. The van der Waals surface area contributed by atoms with Gasteiger partial charge in [0.2, 0.25) is 0 Å². The summed E-state index contributed by atoms with van der Waals surface area (Å²) in [7, 11) is 0. The highest BCUT2D eigenvalue weighted by Crippen LogP contribution is 2.19. The van der Waals surface area contributed by atoms with Crippen molar-refractivity contribution in [3.05, 3.63) is 23.4 Å². The van der Waals surface area contributed by atoms with Crippen molar-refractivity contribution in [2.24, 2.45) is 0 Å². The summed E-state index contributed by atoms with van der Waals surface area (Å²) in [6, 6.07) is 2.02. The molecule has 66 valence electrons. The Bertz CT molecular complexity index is 376. The SMILES string of the molecule is OCC#Cc1cnc2c(c1)CCN2. The number of aromatic nitrogens is 1. The highest BCUT2D eigenvalue weighted by molar-refractivity contribution is 5.52. The van der Waals surface area contributed by atoms with Gasteiger partial charge in [-0.15, -0.1) is 0 Å². The van der Waals surface area contributed by atoms with Gasteiger partial charge in [0, 0.05) is 18.3 Å². The normalized spacial score (nSPS) is 12.7. The number of fused-ring (bicyclic) bond motifs is 1. The van der Waals surface area contributed by atoms with E-state index in [0.29, 0.717) is 0 Å². The molecule has 13 heavy (non-hydrogen) atoms. The minimum atomic E-state index is -0.102. The van der Waals surface area contributed by atoms with Crippen LogP contribution in [-0.4, -0.2) is 23.2 Å². The molecule has 0 aromatic carbocycles. The van der Waals surface area contributed by atoms with E-state index < -0.39 is 0 Å². The number of anilines is 1. The zero-order valence-corrected chi connectivity index (χ0v) is 7.17. The number of hydrogen-bond acceptors (Lipinski definition) is 3. The van der Waals surface area contributed by atoms with E-state index >= 15 is 0 Å². The van der Waals surface area contributed by atoms with Crippen molar-refractivity contribution in [1.82, 2.24) is 4.98 Å². The fraction of sp³-hybridized carbons (Fsp3) is 0.300. The molecule has 0 radical (unpaired) electrons. The summed E-state index contributed by atoms with van der Waals surface area (Å²) in [5.41, 5.74) is 2.08. The van der Waals surface area contributed by atoms with Crippen LogP contribution in [0.15, 0.2) is 12.3 Å². The summed E-state index contributed by atoms with van der Waals surface area (Å²) in [4.78, 5) is 4.22. The van der Waals surface area contributed by atoms with Gasteiger partial charge in [0.25, 0.3) is 0 Å². The lowest BCUT2D eigenvalue weighted by Crippen LogP contribution is -1.92. The number of nitrogens with zero attached hydrogens (tertiary/aromatic N) is 1. The molecular formula is C10H10N2O. The van der Waals surface area contributed by atoms with Crippen LogP contribution in [0, 0.1) is 11.8 Å². The van der Waals surface area contributed by atoms with Gasteiger partial charge in [-0.2, -0.15) is 0 Å². The Kier molecular flexibility index (Phi) is 2.15. The molecule has 0 unspecified atom stereocenters. The van der Waals surface area contributed by atoms with Crippen molar-refractivity contribution in [2.75, 3.05) is 18.5 Å². The standard InChI is InChI=1S/C10H10N2O/c13-5-1-2-8-6-9-3-4-11-10(9)12-7-8/h6-7,13H,3-5H2,(H,11,12). The number of nitrogens with one attached hydrogen (secondary N) is 1. The highest BCUT2D eigenvalue weighted by atomic mass is 16.2. The van der Waals surface area contributed by atoms with E-state index in [1.165, 1.54) is 5.56 Å². The van der Waals surface area contributed by atoms with Crippen LogP contribution in [-0.2, 0) is 6.42 Å². The van der Waals surface area contributed by atoms with E-state index in [1.807, 2.05) is 6.07 Å². The van der Waals surface area contributed by atoms with Crippen LogP contribution in [0.2, 0.25) is 0 Å². The second-order valence-corrected chi connectivity index (χ2v) is 2.87. The summed E-state index contributed by atoms with van der Waals surface area (Å²) >= 11 is 0. The van der Waals surface area contributed by atoms with Crippen LogP contribution < -0.4 is 5.32 Å². The molecule has 0 atom stereocenters. The Hall–Kier alpha value is -1.53. The predicted molar refractivity (Wildman–Crippen MR) is 50.4 cm³/mol. The number of hydrogen-bond donors (Lipinski definition) is 2. The molecule has 1 aromatic rings. The van der Waals surface area contributed by atoms with Gasteiger partial charge in [0.15, 0.2) is 0 Å². The predicted octanol–water partition coefficient (Wildman–Crippen LogP) is 0.393. The maximum atomic E-state index is 8.51. The molecule has 2 heterocycles. The minimum Gasteiger partial charge on any atom is -0.384 e. The lowest BCUT2D eigenvalue weighted by molar-refractivity contribution is 0.350.